The second-order valence-electron chi connectivity index (χ2n) is 7.02. The number of hydrogen-bond donors (Lipinski definition) is 0. The van der Waals surface area contributed by atoms with E-state index in [1.54, 1.807) is 12.0 Å². The molecule has 1 saturated heterocycles. The Hall–Kier alpha value is -2.05. The molecule has 4 nitrogen and oxygen atoms in total. The fourth-order valence-corrected chi connectivity index (χ4v) is 5.04. The summed E-state index contributed by atoms with van der Waals surface area (Å²) in [6.07, 6.45) is 2.48. The van der Waals surface area contributed by atoms with Crippen molar-refractivity contribution in [3.05, 3.63) is 59.2 Å². The summed E-state index contributed by atoms with van der Waals surface area (Å²) in [5.41, 5.74) is 3.47. The quantitative estimate of drug-likeness (QED) is 0.535. The summed E-state index contributed by atoms with van der Waals surface area (Å²) in [4.78, 5) is 14.7. The molecule has 0 radical (unpaired) electrons. The van der Waals surface area contributed by atoms with Gasteiger partial charge in [0.25, 0.3) is 0 Å². The molecular weight excluding hydrogens is 402 g/mol. The monoisotopic (exact) mass is 429 g/mol. The molecule has 1 atom stereocenters. The molecule has 0 unspecified atom stereocenters. The van der Waals surface area contributed by atoms with Gasteiger partial charge in [0.2, 0.25) is 5.91 Å². The van der Waals surface area contributed by atoms with E-state index in [9.17, 15) is 4.79 Å². The number of thioether (sulfide) groups is 1. The number of benzene rings is 2. The van der Waals surface area contributed by atoms with Gasteiger partial charge < -0.3 is 9.47 Å². The summed E-state index contributed by atoms with van der Waals surface area (Å²) in [6.45, 7) is 5.21. The zero-order chi connectivity index (χ0) is 20.8. The van der Waals surface area contributed by atoms with Crippen LogP contribution in [0.2, 0.25) is 0 Å². The van der Waals surface area contributed by atoms with Gasteiger partial charge in [0.1, 0.15) is 4.32 Å². The van der Waals surface area contributed by atoms with Gasteiger partial charge >= 0.3 is 0 Å². The zero-order valence-electron chi connectivity index (χ0n) is 17.1. The third-order valence-corrected chi connectivity index (χ3v) is 6.61. The number of ether oxygens (including phenoxy) is 2. The SMILES string of the molecule is CCOc1cc(C[C@H]2SC(=S)N(CCCc3ccccc3)C2=O)c(C)cc1OC. The molecule has 0 spiro atoms. The molecule has 154 valence electrons. The molecule has 29 heavy (non-hydrogen) atoms. The van der Waals surface area contributed by atoms with Gasteiger partial charge in [0.05, 0.1) is 19.0 Å². The summed E-state index contributed by atoms with van der Waals surface area (Å²) in [7, 11) is 1.64. The zero-order valence-corrected chi connectivity index (χ0v) is 18.8. The van der Waals surface area contributed by atoms with Crippen LogP contribution in [-0.2, 0) is 17.6 Å². The van der Waals surface area contributed by atoms with Crippen LogP contribution in [0, 0.1) is 6.92 Å². The number of methoxy groups -OCH3 is 1. The highest BCUT2D eigenvalue weighted by Crippen LogP contribution is 2.35. The number of carbonyl (C=O) groups is 1. The van der Waals surface area contributed by atoms with Crippen molar-refractivity contribution in [3.8, 4) is 11.5 Å². The van der Waals surface area contributed by atoms with Crippen molar-refractivity contribution in [3.63, 3.8) is 0 Å². The molecule has 6 heteroatoms. The Morgan fingerprint density at radius 3 is 2.62 bits per heavy atom. The lowest BCUT2D eigenvalue weighted by Crippen LogP contribution is -2.33. The second-order valence-corrected chi connectivity index (χ2v) is 8.85. The highest BCUT2D eigenvalue weighted by atomic mass is 32.2. The van der Waals surface area contributed by atoms with Crippen molar-refractivity contribution in [2.45, 2.75) is 38.4 Å². The normalized spacial score (nSPS) is 16.4. The Morgan fingerprint density at radius 1 is 1.17 bits per heavy atom. The van der Waals surface area contributed by atoms with Crippen molar-refractivity contribution in [2.75, 3.05) is 20.3 Å². The molecule has 0 N–H and O–H groups in total. The van der Waals surface area contributed by atoms with Gasteiger partial charge in [0, 0.05) is 6.54 Å². The molecule has 2 aromatic rings. The van der Waals surface area contributed by atoms with Crippen molar-refractivity contribution in [1.29, 1.82) is 0 Å². The van der Waals surface area contributed by atoms with Crippen molar-refractivity contribution in [1.82, 2.24) is 4.90 Å². The molecule has 1 amide bonds. The van der Waals surface area contributed by atoms with Gasteiger partial charge in [-0.25, -0.2) is 0 Å². The van der Waals surface area contributed by atoms with E-state index < -0.39 is 0 Å². The van der Waals surface area contributed by atoms with E-state index >= 15 is 0 Å². The summed E-state index contributed by atoms with van der Waals surface area (Å²) >= 11 is 7.00. The molecule has 1 heterocycles. The van der Waals surface area contributed by atoms with Crippen LogP contribution in [0.3, 0.4) is 0 Å². The average molecular weight is 430 g/mol. The van der Waals surface area contributed by atoms with E-state index in [0.717, 1.165) is 29.7 Å². The Kier molecular flexibility index (Phi) is 7.56. The van der Waals surface area contributed by atoms with E-state index in [1.165, 1.54) is 17.3 Å². The lowest BCUT2D eigenvalue weighted by Gasteiger charge is -2.17. The molecule has 0 bridgehead atoms. The number of thiocarbonyl (C=S) groups is 1. The molecular formula is C23H27NO3S2. The molecule has 1 fully saturated rings. The molecule has 0 aliphatic carbocycles. The molecule has 1 aliphatic heterocycles. The van der Waals surface area contributed by atoms with Crippen LogP contribution in [0.5, 0.6) is 11.5 Å². The lowest BCUT2D eigenvalue weighted by atomic mass is 10.0. The Morgan fingerprint density at radius 2 is 1.93 bits per heavy atom. The lowest BCUT2D eigenvalue weighted by molar-refractivity contribution is -0.126. The number of nitrogens with zero attached hydrogens (tertiary/aromatic N) is 1. The Bertz CT molecular complexity index is 870. The average Bonchev–Trinajstić information content (AvgIpc) is 2.98. The molecule has 2 aromatic carbocycles. The van der Waals surface area contributed by atoms with Crippen LogP contribution in [0.25, 0.3) is 0 Å². The summed E-state index contributed by atoms with van der Waals surface area (Å²) in [5, 5.41) is -0.180. The van der Waals surface area contributed by atoms with E-state index in [-0.39, 0.29) is 11.2 Å². The first-order valence-corrected chi connectivity index (χ1v) is 11.2. The van der Waals surface area contributed by atoms with E-state index in [4.69, 9.17) is 21.7 Å². The summed E-state index contributed by atoms with van der Waals surface area (Å²) in [6, 6.07) is 14.3. The van der Waals surface area contributed by atoms with E-state index in [0.29, 0.717) is 29.6 Å². The number of aryl methyl sites for hydroxylation is 2. The second kappa shape index (κ2) is 10.1. The first-order chi connectivity index (χ1) is 14.0. The number of amides is 1. The number of carbonyl (C=O) groups excluding carboxylic acids is 1. The van der Waals surface area contributed by atoms with Gasteiger partial charge in [0.15, 0.2) is 11.5 Å². The van der Waals surface area contributed by atoms with Gasteiger partial charge in [-0.2, -0.15) is 0 Å². The third-order valence-electron chi connectivity index (χ3n) is 5.02. The fraction of sp³-hybridized carbons (Fsp3) is 0.391. The molecule has 0 saturated carbocycles. The molecule has 0 aromatic heterocycles. The first kappa shape index (κ1) is 21.7. The van der Waals surface area contributed by atoms with Crippen LogP contribution >= 0.6 is 24.0 Å². The Balaban J connectivity index is 1.64. The maximum atomic E-state index is 13.0. The third kappa shape index (κ3) is 5.31. The minimum absolute atomic E-state index is 0.112. The van der Waals surface area contributed by atoms with E-state index in [1.807, 2.05) is 44.2 Å². The van der Waals surface area contributed by atoms with Crippen LogP contribution < -0.4 is 9.47 Å². The van der Waals surface area contributed by atoms with Gasteiger partial charge in [-0.1, -0.05) is 54.3 Å². The maximum absolute atomic E-state index is 13.0. The highest BCUT2D eigenvalue weighted by molar-refractivity contribution is 8.24. The topological polar surface area (TPSA) is 38.8 Å². The van der Waals surface area contributed by atoms with E-state index in [2.05, 4.69) is 12.1 Å². The molecule has 3 rings (SSSR count). The van der Waals surface area contributed by atoms with Crippen LogP contribution in [0.1, 0.15) is 30.0 Å². The predicted octanol–water partition coefficient (Wildman–Crippen LogP) is 4.81. The summed E-state index contributed by atoms with van der Waals surface area (Å²) < 4.78 is 11.8. The molecule has 1 aliphatic rings. The first-order valence-electron chi connectivity index (χ1n) is 9.89. The highest BCUT2D eigenvalue weighted by Gasteiger charge is 2.36. The largest absolute Gasteiger partial charge is 0.493 e. The van der Waals surface area contributed by atoms with Crippen molar-refractivity contribution >= 4 is 34.2 Å². The predicted molar refractivity (Wildman–Crippen MR) is 123 cm³/mol. The van der Waals surface area contributed by atoms with Gasteiger partial charge in [-0.05, 0) is 61.9 Å². The number of rotatable bonds is 9. The Labute approximate surface area is 182 Å². The standard InChI is InChI=1S/C23H27NO3S2/c1-4-27-20-14-18(16(2)13-19(20)26-3)15-21-22(25)24(23(28)29-21)12-8-11-17-9-6-5-7-10-17/h5-7,9-10,13-14,21H,4,8,11-12,15H2,1-3H3/t21-/m1/s1. The fourth-order valence-electron chi connectivity index (χ4n) is 3.47. The van der Waals surface area contributed by atoms with Crippen molar-refractivity contribution in [2.24, 2.45) is 0 Å². The van der Waals surface area contributed by atoms with Crippen LogP contribution in [-0.4, -0.2) is 40.6 Å². The van der Waals surface area contributed by atoms with Gasteiger partial charge in [-0.3, -0.25) is 9.69 Å². The minimum Gasteiger partial charge on any atom is -0.493 e. The van der Waals surface area contributed by atoms with Crippen LogP contribution in [0.4, 0.5) is 0 Å². The summed E-state index contributed by atoms with van der Waals surface area (Å²) in [5.74, 6) is 1.55. The maximum Gasteiger partial charge on any atom is 0.241 e. The van der Waals surface area contributed by atoms with Crippen molar-refractivity contribution < 1.29 is 14.3 Å². The van der Waals surface area contributed by atoms with Crippen LogP contribution in [0.15, 0.2) is 42.5 Å². The smallest absolute Gasteiger partial charge is 0.241 e. The van der Waals surface area contributed by atoms with Gasteiger partial charge in [-0.15, -0.1) is 0 Å². The minimum atomic E-state index is -0.180. The number of hydrogen-bond acceptors (Lipinski definition) is 5.